The van der Waals surface area contributed by atoms with Gasteiger partial charge in [-0.05, 0) is 0 Å². The zero-order valence-corrected chi connectivity index (χ0v) is 5.99. The molecule has 1 amide bonds. The lowest BCUT2D eigenvalue weighted by Crippen LogP contribution is -2.39. The third-order valence-corrected chi connectivity index (χ3v) is 1.76. The average molecular weight is 152 g/mol. The van der Waals surface area contributed by atoms with Gasteiger partial charge in [0, 0.05) is 19.5 Å². The summed E-state index contributed by atoms with van der Waals surface area (Å²) in [6.07, 6.45) is 0.994. The van der Waals surface area contributed by atoms with E-state index in [0.29, 0.717) is 19.4 Å². The SMILES string of the molecule is N#CC1CN(C=O)CCC1=O. The first-order valence-corrected chi connectivity index (χ1v) is 3.39. The molecule has 0 radical (unpaired) electrons. The fourth-order valence-corrected chi connectivity index (χ4v) is 1.06. The first kappa shape index (κ1) is 7.73. The summed E-state index contributed by atoms with van der Waals surface area (Å²) in [6.45, 7) is 0.722. The molecule has 0 aromatic rings. The van der Waals surface area contributed by atoms with Crippen LogP contribution in [0.1, 0.15) is 6.42 Å². The van der Waals surface area contributed by atoms with E-state index in [-0.39, 0.29) is 12.3 Å². The number of Topliss-reactive ketones (excluding diaryl/α,β-unsaturated/α-hetero) is 1. The van der Waals surface area contributed by atoms with E-state index in [4.69, 9.17) is 5.26 Å². The van der Waals surface area contributed by atoms with Crippen LogP contribution in [0.2, 0.25) is 0 Å². The largest absolute Gasteiger partial charge is 0.343 e. The monoisotopic (exact) mass is 152 g/mol. The highest BCUT2D eigenvalue weighted by atomic mass is 16.1. The molecule has 0 spiro atoms. The van der Waals surface area contributed by atoms with E-state index >= 15 is 0 Å². The standard InChI is InChI=1S/C7H8N2O2/c8-3-6-4-9(5-10)2-1-7(6)11/h5-6H,1-2,4H2. The molecule has 0 aromatic heterocycles. The van der Waals surface area contributed by atoms with Crippen LogP contribution < -0.4 is 0 Å². The van der Waals surface area contributed by atoms with Gasteiger partial charge in [0.1, 0.15) is 5.92 Å². The second-order valence-electron chi connectivity index (χ2n) is 2.50. The van der Waals surface area contributed by atoms with E-state index in [1.54, 1.807) is 0 Å². The highest BCUT2D eigenvalue weighted by molar-refractivity contribution is 5.85. The molecular formula is C7H8N2O2. The molecule has 0 aliphatic carbocycles. The quantitative estimate of drug-likeness (QED) is 0.478. The van der Waals surface area contributed by atoms with Crippen LogP contribution in [0.4, 0.5) is 0 Å². The maximum absolute atomic E-state index is 10.9. The smallest absolute Gasteiger partial charge is 0.209 e. The zero-order chi connectivity index (χ0) is 8.27. The number of ketones is 1. The molecule has 4 heteroatoms. The maximum Gasteiger partial charge on any atom is 0.209 e. The Balaban J connectivity index is 2.59. The maximum atomic E-state index is 10.9. The van der Waals surface area contributed by atoms with Crippen LogP contribution in [0.15, 0.2) is 0 Å². The number of hydrogen-bond acceptors (Lipinski definition) is 3. The summed E-state index contributed by atoms with van der Waals surface area (Å²) in [5.41, 5.74) is 0. The molecule has 1 heterocycles. The first-order chi connectivity index (χ1) is 5.27. The minimum Gasteiger partial charge on any atom is -0.343 e. The number of piperidine rings is 1. The van der Waals surface area contributed by atoms with Crippen LogP contribution in [-0.2, 0) is 9.59 Å². The number of hydrogen-bond donors (Lipinski definition) is 0. The van der Waals surface area contributed by atoms with Crippen molar-refractivity contribution in [3.8, 4) is 6.07 Å². The van der Waals surface area contributed by atoms with Crippen molar-refractivity contribution in [2.24, 2.45) is 5.92 Å². The van der Waals surface area contributed by atoms with Gasteiger partial charge in [-0.2, -0.15) is 5.26 Å². The Bertz CT molecular complexity index is 219. The molecule has 1 unspecified atom stereocenters. The highest BCUT2D eigenvalue weighted by Crippen LogP contribution is 2.09. The summed E-state index contributed by atoms with van der Waals surface area (Å²) < 4.78 is 0. The van der Waals surface area contributed by atoms with Crippen LogP contribution in [0.3, 0.4) is 0 Å². The van der Waals surface area contributed by atoms with Gasteiger partial charge >= 0.3 is 0 Å². The summed E-state index contributed by atoms with van der Waals surface area (Å²) in [6, 6.07) is 1.87. The topological polar surface area (TPSA) is 61.2 Å². The Labute approximate surface area is 64.4 Å². The van der Waals surface area contributed by atoms with Crippen molar-refractivity contribution in [3.05, 3.63) is 0 Å². The number of carbonyl (C=O) groups excluding carboxylic acids is 2. The Morgan fingerprint density at radius 3 is 3.00 bits per heavy atom. The second kappa shape index (κ2) is 3.15. The molecule has 4 nitrogen and oxygen atoms in total. The summed E-state index contributed by atoms with van der Waals surface area (Å²) in [4.78, 5) is 22.6. The fraction of sp³-hybridized carbons (Fsp3) is 0.571. The molecule has 0 N–H and O–H groups in total. The number of nitrogens with zero attached hydrogens (tertiary/aromatic N) is 2. The summed E-state index contributed by atoms with van der Waals surface area (Å²) in [5.74, 6) is -0.653. The van der Waals surface area contributed by atoms with Crippen LogP contribution in [-0.4, -0.2) is 30.2 Å². The zero-order valence-electron chi connectivity index (χ0n) is 5.99. The van der Waals surface area contributed by atoms with Crippen molar-refractivity contribution in [1.82, 2.24) is 4.90 Å². The third kappa shape index (κ3) is 1.55. The van der Waals surface area contributed by atoms with Gasteiger partial charge in [-0.15, -0.1) is 0 Å². The summed E-state index contributed by atoms with van der Waals surface area (Å²) in [5, 5.41) is 8.46. The number of amides is 1. The minimum absolute atomic E-state index is 0.0504. The van der Waals surface area contributed by atoms with E-state index in [2.05, 4.69) is 0 Å². The number of likely N-dealkylation sites (tertiary alicyclic amines) is 1. The average Bonchev–Trinajstić information content (AvgIpc) is 2.05. The molecular weight excluding hydrogens is 144 g/mol. The van der Waals surface area contributed by atoms with Gasteiger partial charge in [0.15, 0.2) is 5.78 Å². The van der Waals surface area contributed by atoms with Gasteiger partial charge in [-0.1, -0.05) is 0 Å². The first-order valence-electron chi connectivity index (χ1n) is 3.39. The normalized spacial score (nSPS) is 24.5. The number of rotatable bonds is 1. The Morgan fingerprint density at radius 2 is 2.45 bits per heavy atom. The molecule has 11 heavy (non-hydrogen) atoms. The molecule has 1 rings (SSSR count). The predicted octanol–water partition coefficient (Wildman–Crippen LogP) is -0.443. The van der Waals surface area contributed by atoms with Gasteiger partial charge in [-0.25, -0.2) is 0 Å². The minimum atomic E-state index is -0.603. The van der Waals surface area contributed by atoms with Gasteiger partial charge in [-0.3, -0.25) is 9.59 Å². The van der Waals surface area contributed by atoms with Crippen LogP contribution in [0.5, 0.6) is 0 Å². The van der Waals surface area contributed by atoms with Crippen LogP contribution in [0.25, 0.3) is 0 Å². The Hall–Kier alpha value is -1.37. The van der Waals surface area contributed by atoms with E-state index in [0.717, 1.165) is 0 Å². The lowest BCUT2D eigenvalue weighted by atomic mass is 9.99. The fourth-order valence-electron chi connectivity index (χ4n) is 1.06. The van der Waals surface area contributed by atoms with Crippen molar-refractivity contribution in [3.63, 3.8) is 0 Å². The molecule has 1 aliphatic heterocycles. The van der Waals surface area contributed by atoms with Crippen molar-refractivity contribution in [1.29, 1.82) is 5.26 Å². The Morgan fingerprint density at radius 1 is 1.73 bits per heavy atom. The molecule has 0 saturated carbocycles. The van der Waals surface area contributed by atoms with E-state index in [1.165, 1.54) is 4.90 Å². The molecule has 58 valence electrons. The molecule has 1 saturated heterocycles. The van der Waals surface area contributed by atoms with Crippen LogP contribution in [0, 0.1) is 17.2 Å². The Kier molecular flexibility index (Phi) is 2.21. The van der Waals surface area contributed by atoms with E-state index in [1.807, 2.05) is 6.07 Å². The number of nitriles is 1. The number of carbonyl (C=O) groups is 2. The van der Waals surface area contributed by atoms with Crippen molar-refractivity contribution in [2.45, 2.75) is 6.42 Å². The van der Waals surface area contributed by atoms with Gasteiger partial charge in [0.25, 0.3) is 0 Å². The van der Waals surface area contributed by atoms with Crippen LogP contribution >= 0.6 is 0 Å². The highest BCUT2D eigenvalue weighted by Gasteiger charge is 2.25. The molecule has 1 aliphatic rings. The van der Waals surface area contributed by atoms with E-state index < -0.39 is 5.92 Å². The summed E-state index contributed by atoms with van der Waals surface area (Å²) in [7, 11) is 0. The summed E-state index contributed by atoms with van der Waals surface area (Å²) >= 11 is 0. The van der Waals surface area contributed by atoms with Gasteiger partial charge < -0.3 is 4.90 Å². The molecule has 1 fully saturated rings. The second-order valence-corrected chi connectivity index (χ2v) is 2.50. The van der Waals surface area contributed by atoms with Crippen molar-refractivity contribution in [2.75, 3.05) is 13.1 Å². The lowest BCUT2D eigenvalue weighted by Gasteiger charge is -2.24. The predicted molar refractivity (Wildman–Crippen MR) is 36.4 cm³/mol. The van der Waals surface area contributed by atoms with E-state index in [9.17, 15) is 9.59 Å². The lowest BCUT2D eigenvalue weighted by molar-refractivity contribution is -0.128. The molecule has 1 atom stereocenters. The van der Waals surface area contributed by atoms with Gasteiger partial charge in [0.2, 0.25) is 6.41 Å². The molecule has 0 bridgehead atoms. The molecule has 0 aromatic carbocycles. The van der Waals surface area contributed by atoms with Gasteiger partial charge in [0.05, 0.1) is 6.07 Å². The van der Waals surface area contributed by atoms with Crippen molar-refractivity contribution >= 4 is 12.2 Å². The van der Waals surface area contributed by atoms with Crippen molar-refractivity contribution < 1.29 is 9.59 Å². The third-order valence-electron chi connectivity index (χ3n) is 1.76.